The molecular weight excluding hydrogens is 210 g/mol. The first-order valence-electron chi connectivity index (χ1n) is 5.00. The van der Waals surface area contributed by atoms with E-state index in [9.17, 15) is 9.59 Å². The zero-order chi connectivity index (χ0) is 12.0. The molecule has 1 rings (SSSR count). The predicted molar refractivity (Wildman–Crippen MR) is 57.9 cm³/mol. The maximum Gasteiger partial charge on any atom is 0.305 e. The fourth-order valence-electron chi connectivity index (χ4n) is 1.45. The lowest BCUT2D eigenvalue weighted by Gasteiger charge is -2.28. The lowest BCUT2D eigenvalue weighted by Crippen LogP contribution is -2.47. The van der Waals surface area contributed by atoms with Gasteiger partial charge in [0.25, 0.3) is 5.91 Å². The first-order valence-corrected chi connectivity index (χ1v) is 5.00. The monoisotopic (exact) mass is 225 g/mol. The van der Waals surface area contributed by atoms with Crippen molar-refractivity contribution in [2.24, 2.45) is 0 Å². The topological polar surface area (TPSA) is 75.6 Å². The van der Waals surface area contributed by atoms with Crippen molar-refractivity contribution >= 4 is 11.9 Å². The Balaban J connectivity index is 2.53. The molecule has 0 radical (unpaired) electrons. The molecule has 0 spiro atoms. The number of ether oxygens (including phenoxy) is 1. The summed E-state index contributed by atoms with van der Waals surface area (Å²) in [6, 6.07) is 0. The molecule has 1 aliphatic rings. The Hall–Kier alpha value is -1.62. The van der Waals surface area contributed by atoms with E-state index in [4.69, 9.17) is 9.84 Å². The van der Waals surface area contributed by atoms with Gasteiger partial charge in [0.2, 0.25) is 0 Å². The summed E-state index contributed by atoms with van der Waals surface area (Å²) in [5, 5.41) is 11.0. The molecule has 0 saturated heterocycles. The van der Waals surface area contributed by atoms with Crippen molar-refractivity contribution in [3.8, 4) is 0 Å². The highest BCUT2D eigenvalue weighted by atomic mass is 16.5. The zero-order valence-electron chi connectivity index (χ0n) is 9.10. The molecule has 0 saturated carbocycles. The average molecular weight is 225 g/mol. The van der Waals surface area contributed by atoms with Gasteiger partial charge in [-0.15, -0.1) is 0 Å². The predicted octanol–water partition coefficient (Wildman–Crippen LogP) is 0.479. The molecule has 5 nitrogen and oxygen atoms in total. The van der Waals surface area contributed by atoms with Crippen LogP contribution in [0.2, 0.25) is 0 Å². The molecule has 0 bridgehead atoms. The van der Waals surface area contributed by atoms with Crippen molar-refractivity contribution in [1.29, 1.82) is 0 Å². The van der Waals surface area contributed by atoms with Gasteiger partial charge < -0.3 is 15.2 Å². The maximum absolute atomic E-state index is 11.8. The van der Waals surface area contributed by atoms with Crippen molar-refractivity contribution in [3.63, 3.8) is 0 Å². The second kappa shape index (κ2) is 5.46. The fourth-order valence-corrected chi connectivity index (χ4v) is 1.45. The first kappa shape index (κ1) is 12.4. The summed E-state index contributed by atoms with van der Waals surface area (Å²) >= 11 is 0. The Kier molecular flexibility index (Phi) is 4.25. The van der Waals surface area contributed by atoms with Crippen molar-refractivity contribution in [3.05, 3.63) is 24.3 Å². The molecule has 1 unspecified atom stereocenters. The van der Waals surface area contributed by atoms with Crippen LogP contribution < -0.4 is 5.32 Å². The van der Waals surface area contributed by atoms with Crippen molar-refractivity contribution in [1.82, 2.24) is 5.32 Å². The molecule has 0 fully saturated rings. The number of carbonyl (C=O) groups excluding carboxylic acids is 1. The van der Waals surface area contributed by atoms with Crippen LogP contribution in [0.4, 0.5) is 0 Å². The third-order valence-electron chi connectivity index (χ3n) is 2.41. The number of allylic oxidation sites excluding steroid dienone is 2. The zero-order valence-corrected chi connectivity index (χ0v) is 9.10. The number of hydrogen-bond donors (Lipinski definition) is 2. The number of methoxy groups -OCH3 is 1. The van der Waals surface area contributed by atoms with Crippen LogP contribution in [0, 0.1) is 0 Å². The molecule has 5 heteroatoms. The quantitative estimate of drug-likeness (QED) is 0.713. The van der Waals surface area contributed by atoms with Crippen LogP contribution >= 0.6 is 0 Å². The van der Waals surface area contributed by atoms with Crippen LogP contribution in [-0.2, 0) is 14.3 Å². The van der Waals surface area contributed by atoms with Crippen LogP contribution in [0.1, 0.15) is 12.8 Å². The van der Waals surface area contributed by atoms with Gasteiger partial charge in [-0.3, -0.25) is 9.59 Å². The van der Waals surface area contributed by atoms with Gasteiger partial charge in [0.15, 0.2) is 5.60 Å². The summed E-state index contributed by atoms with van der Waals surface area (Å²) in [5.74, 6) is -1.25. The first-order chi connectivity index (χ1) is 7.60. The van der Waals surface area contributed by atoms with Crippen molar-refractivity contribution < 1.29 is 19.4 Å². The molecule has 1 atom stereocenters. The Morgan fingerprint density at radius 1 is 1.50 bits per heavy atom. The van der Waals surface area contributed by atoms with E-state index in [2.05, 4.69) is 5.32 Å². The van der Waals surface area contributed by atoms with Crippen LogP contribution in [0.15, 0.2) is 24.3 Å². The second-order valence-corrected chi connectivity index (χ2v) is 3.48. The summed E-state index contributed by atoms with van der Waals surface area (Å²) < 4.78 is 5.20. The summed E-state index contributed by atoms with van der Waals surface area (Å²) in [6.45, 7) is 0.108. The highest BCUT2D eigenvalue weighted by Crippen LogP contribution is 2.21. The standard InChI is InChI=1S/C11H15NO4/c1-16-11(6-3-2-4-7-11)10(15)12-8-5-9(13)14/h2-4,6H,5,7-8H2,1H3,(H,12,15)(H,13,14). The molecular formula is C11H15NO4. The lowest BCUT2D eigenvalue weighted by molar-refractivity contribution is -0.139. The van der Waals surface area contributed by atoms with E-state index in [0.717, 1.165) is 0 Å². The maximum atomic E-state index is 11.8. The van der Waals surface area contributed by atoms with Crippen LogP contribution in [0.3, 0.4) is 0 Å². The number of carboxylic acid groups (broad SMARTS) is 1. The minimum absolute atomic E-state index is 0.0922. The van der Waals surface area contributed by atoms with Gasteiger partial charge in [0, 0.05) is 20.1 Å². The Morgan fingerprint density at radius 3 is 2.75 bits per heavy atom. The highest BCUT2D eigenvalue weighted by molar-refractivity contribution is 5.88. The minimum atomic E-state index is -0.993. The number of nitrogens with one attached hydrogen (secondary N) is 1. The minimum Gasteiger partial charge on any atom is -0.481 e. The van der Waals surface area contributed by atoms with Gasteiger partial charge in [0.05, 0.1) is 6.42 Å². The van der Waals surface area contributed by atoms with Gasteiger partial charge in [-0.25, -0.2) is 0 Å². The van der Waals surface area contributed by atoms with E-state index in [0.29, 0.717) is 6.42 Å². The number of rotatable bonds is 5. The van der Waals surface area contributed by atoms with Crippen LogP contribution in [-0.4, -0.2) is 36.2 Å². The highest BCUT2D eigenvalue weighted by Gasteiger charge is 2.35. The molecule has 0 aromatic carbocycles. The molecule has 1 aliphatic carbocycles. The van der Waals surface area contributed by atoms with Crippen molar-refractivity contribution in [2.45, 2.75) is 18.4 Å². The van der Waals surface area contributed by atoms with Gasteiger partial charge >= 0.3 is 5.97 Å². The van der Waals surface area contributed by atoms with E-state index in [1.165, 1.54) is 7.11 Å². The number of amides is 1. The summed E-state index contributed by atoms with van der Waals surface area (Å²) in [6.07, 6.45) is 7.44. The van der Waals surface area contributed by atoms with Gasteiger partial charge in [-0.1, -0.05) is 18.2 Å². The van der Waals surface area contributed by atoms with Crippen molar-refractivity contribution in [2.75, 3.05) is 13.7 Å². The molecule has 0 heterocycles. The van der Waals surface area contributed by atoms with Gasteiger partial charge in [0.1, 0.15) is 0 Å². The number of carboxylic acids is 1. The summed E-state index contributed by atoms with van der Waals surface area (Å²) in [5.41, 5.74) is -0.993. The number of carbonyl (C=O) groups is 2. The lowest BCUT2D eigenvalue weighted by atomic mass is 9.94. The Morgan fingerprint density at radius 2 is 2.25 bits per heavy atom. The van der Waals surface area contributed by atoms with E-state index in [1.54, 1.807) is 12.2 Å². The van der Waals surface area contributed by atoms with Crippen LogP contribution in [0.25, 0.3) is 0 Å². The fraction of sp³-hybridized carbons (Fsp3) is 0.455. The third-order valence-corrected chi connectivity index (χ3v) is 2.41. The molecule has 16 heavy (non-hydrogen) atoms. The van der Waals surface area contributed by atoms with E-state index >= 15 is 0 Å². The molecule has 1 amide bonds. The normalized spacial score (nSPS) is 23.1. The molecule has 0 aromatic heterocycles. The Labute approximate surface area is 93.8 Å². The average Bonchev–Trinajstić information content (AvgIpc) is 2.29. The number of aliphatic carboxylic acids is 1. The van der Waals surface area contributed by atoms with E-state index < -0.39 is 11.6 Å². The van der Waals surface area contributed by atoms with Gasteiger partial charge in [-0.05, 0) is 6.08 Å². The molecule has 88 valence electrons. The largest absolute Gasteiger partial charge is 0.481 e. The second-order valence-electron chi connectivity index (χ2n) is 3.48. The van der Waals surface area contributed by atoms with E-state index in [1.807, 2.05) is 12.2 Å². The SMILES string of the molecule is COC1(C(=O)NCCC(=O)O)C=CC=CC1. The third kappa shape index (κ3) is 2.93. The van der Waals surface area contributed by atoms with Gasteiger partial charge in [-0.2, -0.15) is 0 Å². The van der Waals surface area contributed by atoms with Crippen LogP contribution in [0.5, 0.6) is 0 Å². The molecule has 2 N–H and O–H groups in total. The Bertz CT molecular complexity index is 335. The smallest absolute Gasteiger partial charge is 0.305 e. The summed E-state index contributed by atoms with van der Waals surface area (Å²) in [4.78, 5) is 22.1. The molecule has 0 aromatic rings. The van der Waals surface area contributed by atoms with E-state index in [-0.39, 0.29) is 18.9 Å². The summed E-state index contributed by atoms with van der Waals surface area (Å²) in [7, 11) is 1.46. The number of hydrogen-bond acceptors (Lipinski definition) is 3. The molecule has 0 aliphatic heterocycles.